The molecule has 0 bridgehead atoms. The zero-order valence-electron chi connectivity index (χ0n) is 10.7. The van der Waals surface area contributed by atoms with Crippen molar-refractivity contribution >= 4 is 5.91 Å². The number of hydrogen-bond donors (Lipinski definition) is 2. The predicted octanol–water partition coefficient (Wildman–Crippen LogP) is 2.32. The van der Waals surface area contributed by atoms with Crippen LogP contribution in [0.3, 0.4) is 0 Å². The monoisotopic (exact) mass is 296 g/mol. The molecule has 2 aromatic rings. The highest BCUT2D eigenvalue weighted by molar-refractivity contribution is 5.93. The Labute approximate surface area is 117 Å². The van der Waals surface area contributed by atoms with E-state index in [1.807, 2.05) is 0 Å². The van der Waals surface area contributed by atoms with E-state index in [0.29, 0.717) is 0 Å². The van der Waals surface area contributed by atoms with E-state index in [1.54, 1.807) is 0 Å². The number of carbonyl (C=O) groups is 1. The summed E-state index contributed by atoms with van der Waals surface area (Å²) >= 11 is 0. The Morgan fingerprint density at radius 3 is 2.52 bits per heavy atom. The molecule has 1 aromatic carbocycles. The van der Waals surface area contributed by atoms with Crippen molar-refractivity contribution in [3.8, 4) is 0 Å². The van der Waals surface area contributed by atoms with Gasteiger partial charge in [-0.1, -0.05) is 18.2 Å². The number of alkyl halides is 3. The quantitative estimate of drug-likeness (QED) is 0.913. The summed E-state index contributed by atoms with van der Waals surface area (Å²) in [6, 6.07) is 7.70. The van der Waals surface area contributed by atoms with Gasteiger partial charge in [-0.15, -0.1) is 0 Å². The number of aromatic nitrogens is 1. The number of hydrogen-bond acceptors (Lipinski definition) is 2. The first-order valence-electron chi connectivity index (χ1n) is 6.00. The lowest BCUT2D eigenvalue weighted by Gasteiger charge is -2.13. The van der Waals surface area contributed by atoms with Crippen molar-refractivity contribution in [3.63, 3.8) is 0 Å². The molecule has 0 saturated carbocycles. The van der Waals surface area contributed by atoms with Crippen LogP contribution in [0.25, 0.3) is 0 Å². The molecule has 0 unspecified atom stereocenters. The SMILES string of the molecule is O=C(NCc1ccccc1C(F)(F)F)c1ccc[nH]c1=O. The van der Waals surface area contributed by atoms with Crippen LogP contribution < -0.4 is 10.9 Å². The van der Waals surface area contributed by atoms with E-state index in [1.165, 1.54) is 36.5 Å². The zero-order valence-corrected chi connectivity index (χ0v) is 10.7. The fourth-order valence-electron chi connectivity index (χ4n) is 1.82. The average molecular weight is 296 g/mol. The molecule has 0 aliphatic rings. The Morgan fingerprint density at radius 2 is 1.86 bits per heavy atom. The molecule has 2 N–H and O–H groups in total. The molecule has 0 fully saturated rings. The number of H-pyrrole nitrogens is 1. The van der Waals surface area contributed by atoms with Crippen molar-refractivity contribution in [2.45, 2.75) is 12.7 Å². The van der Waals surface area contributed by atoms with E-state index in [2.05, 4.69) is 10.3 Å². The van der Waals surface area contributed by atoms with Gasteiger partial charge in [-0.25, -0.2) is 0 Å². The molecule has 0 atom stereocenters. The van der Waals surface area contributed by atoms with Crippen LogP contribution in [0.2, 0.25) is 0 Å². The van der Waals surface area contributed by atoms with Gasteiger partial charge in [0.2, 0.25) is 0 Å². The highest BCUT2D eigenvalue weighted by Gasteiger charge is 2.32. The largest absolute Gasteiger partial charge is 0.416 e. The third-order valence-corrected chi connectivity index (χ3v) is 2.82. The van der Waals surface area contributed by atoms with Gasteiger partial charge in [0.05, 0.1) is 5.56 Å². The predicted molar refractivity (Wildman–Crippen MR) is 69.7 cm³/mol. The molecule has 2 rings (SSSR count). The van der Waals surface area contributed by atoms with Crippen molar-refractivity contribution < 1.29 is 18.0 Å². The molecular weight excluding hydrogens is 285 g/mol. The molecule has 1 heterocycles. The number of rotatable bonds is 3. The fraction of sp³-hybridized carbons (Fsp3) is 0.143. The first-order chi connectivity index (χ1) is 9.89. The highest BCUT2D eigenvalue weighted by atomic mass is 19.4. The number of pyridine rings is 1. The molecule has 1 amide bonds. The summed E-state index contributed by atoms with van der Waals surface area (Å²) in [4.78, 5) is 25.5. The molecule has 21 heavy (non-hydrogen) atoms. The summed E-state index contributed by atoms with van der Waals surface area (Å²) in [6.07, 6.45) is -3.14. The van der Waals surface area contributed by atoms with Crippen LogP contribution in [0.5, 0.6) is 0 Å². The molecule has 0 aliphatic carbocycles. The van der Waals surface area contributed by atoms with E-state index in [0.717, 1.165) is 6.07 Å². The van der Waals surface area contributed by atoms with Crippen molar-refractivity contribution in [1.82, 2.24) is 10.3 Å². The van der Waals surface area contributed by atoms with Crippen molar-refractivity contribution in [1.29, 1.82) is 0 Å². The van der Waals surface area contributed by atoms with Crippen LogP contribution in [0.4, 0.5) is 13.2 Å². The maximum atomic E-state index is 12.8. The third-order valence-electron chi connectivity index (χ3n) is 2.82. The summed E-state index contributed by atoms with van der Waals surface area (Å²) < 4.78 is 38.4. The second-order valence-corrected chi connectivity index (χ2v) is 4.25. The highest BCUT2D eigenvalue weighted by Crippen LogP contribution is 2.31. The van der Waals surface area contributed by atoms with Gasteiger partial charge in [-0.2, -0.15) is 13.2 Å². The van der Waals surface area contributed by atoms with Crippen LogP contribution in [-0.4, -0.2) is 10.9 Å². The molecule has 4 nitrogen and oxygen atoms in total. The van der Waals surface area contributed by atoms with Crippen LogP contribution >= 0.6 is 0 Å². The van der Waals surface area contributed by atoms with E-state index < -0.39 is 23.2 Å². The van der Waals surface area contributed by atoms with E-state index in [4.69, 9.17) is 0 Å². The first-order valence-corrected chi connectivity index (χ1v) is 6.00. The Morgan fingerprint density at radius 1 is 1.14 bits per heavy atom. The number of aromatic amines is 1. The van der Waals surface area contributed by atoms with Crippen molar-refractivity contribution in [2.24, 2.45) is 0 Å². The molecule has 0 aliphatic heterocycles. The first kappa shape index (κ1) is 14.8. The fourth-order valence-corrected chi connectivity index (χ4v) is 1.82. The molecular formula is C14H11F3N2O2. The molecule has 0 spiro atoms. The lowest BCUT2D eigenvalue weighted by atomic mass is 10.1. The number of nitrogens with one attached hydrogen (secondary N) is 2. The van der Waals surface area contributed by atoms with Gasteiger partial charge in [-0.05, 0) is 23.8 Å². The Hall–Kier alpha value is -2.57. The number of amides is 1. The van der Waals surface area contributed by atoms with Crippen LogP contribution in [-0.2, 0) is 12.7 Å². The Bertz CT molecular complexity index is 708. The van der Waals surface area contributed by atoms with Crippen LogP contribution in [0.15, 0.2) is 47.4 Å². The average Bonchev–Trinajstić information content (AvgIpc) is 2.44. The van der Waals surface area contributed by atoms with E-state index in [9.17, 15) is 22.8 Å². The van der Waals surface area contributed by atoms with Gasteiger partial charge in [-0.3, -0.25) is 9.59 Å². The van der Waals surface area contributed by atoms with Gasteiger partial charge < -0.3 is 10.3 Å². The third kappa shape index (κ3) is 3.50. The summed E-state index contributed by atoms with van der Waals surface area (Å²) in [7, 11) is 0. The summed E-state index contributed by atoms with van der Waals surface area (Å²) in [5.74, 6) is -0.728. The smallest absolute Gasteiger partial charge is 0.348 e. The Balaban J connectivity index is 2.16. The minimum atomic E-state index is -4.49. The minimum absolute atomic E-state index is 0.0642. The minimum Gasteiger partial charge on any atom is -0.348 e. The zero-order chi connectivity index (χ0) is 15.5. The molecule has 0 radical (unpaired) electrons. The number of benzene rings is 1. The molecule has 1 aromatic heterocycles. The second-order valence-electron chi connectivity index (χ2n) is 4.25. The second kappa shape index (κ2) is 5.82. The summed E-state index contributed by atoms with van der Waals surface area (Å²) in [5, 5.41) is 2.31. The van der Waals surface area contributed by atoms with Crippen molar-refractivity contribution in [3.05, 3.63) is 69.6 Å². The van der Waals surface area contributed by atoms with Gasteiger partial charge >= 0.3 is 6.18 Å². The lowest BCUT2D eigenvalue weighted by molar-refractivity contribution is -0.138. The number of halogens is 3. The van der Waals surface area contributed by atoms with Gasteiger partial charge in [0, 0.05) is 12.7 Å². The summed E-state index contributed by atoms with van der Waals surface area (Å²) in [5.41, 5.74) is -1.63. The normalized spacial score (nSPS) is 11.2. The molecule has 0 saturated heterocycles. The molecule has 7 heteroatoms. The van der Waals surface area contributed by atoms with E-state index >= 15 is 0 Å². The van der Waals surface area contributed by atoms with Crippen LogP contribution in [0.1, 0.15) is 21.5 Å². The van der Waals surface area contributed by atoms with Gasteiger partial charge in [0.25, 0.3) is 11.5 Å². The van der Waals surface area contributed by atoms with Gasteiger partial charge in [0.15, 0.2) is 0 Å². The summed E-state index contributed by atoms with van der Waals surface area (Å²) in [6.45, 7) is -0.317. The lowest BCUT2D eigenvalue weighted by Crippen LogP contribution is -2.29. The van der Waals surface area contributed by atoms with Crippen molar-refractivity contribution in [2.75, 3.05) is 0 Å². The van der Waals surface area contributed by atoms with Gasteiger partial charge in [0.1, 0.15) is 5.56 Å². The topological polar surface area (TPSA) is 62.0 Å². The maximum Gasteiger partial charge on any atom is 0.416 e. The van der Waals surface area contributed by atoms with E-state index in [-0.39, 0.29) is 17.7 Å². The number of carbonyl (C=O) groups excluding carboxylic acids is 1. The van der Waals surface area contributed by atoms with Crippen LogP contribution in [0, 0.1) is 0 Å². The standard InChI is InChI=1S/C14H11F3N2O2/c15-14(16,17)11-6-2-1-4-9(11)8-19-13(21)10-5-3-7-18-12(10)20/h1-7H,8H2,(H,18,20)(H,19,21). The molecule has 110 valence electrons. The Kier molecular flexibility index (Phi) is 4.11. The maximum absolute atomic E-state index is 12.8.